The van der Waals surface area contributed by atoms with E-state index in [9.17, 15) is 22.8 Å². The van der Waals surface area contributed by atoms with Crippen LogP contribution < -0.4 is 31.8 Å². The number of nitrogen functional groups attached to an aromatic ring is 1. The zero-order valence-corrected chi connectivity index (χ0v) is 21.9. The van der Waals surface area contributed by atoms with Gasteiger partial charge in [0.05, 0.1) is 11.9 Å². The standard InChI is InChI=1S/C26H27F3N8O4/c1-40-11-2-8-31-9-12-41-24-19(26(27,28)29)13-17(14-32-24)36-25(39)35-16-3-5-18(6-4-16)37-10-7-20(38)21-22(30)33-15-34-23(21)37/h3-7,10,13-15,31H,2,8-9,11-12H2,1H3,(H2,30,33,34)(H2,35,36,39). The molecular formula is C26H27F3N8O4. The second-order valence-electron chi connectivity index (χ2n) is 8.65. The number of nitrogens with one attached hydrogen (secondary N) is 3. The monoisotopic (exact) mass is 572 g/mol. The Morgan fingerprint density at radius 2 is 1.78 bits per heavy atom. The highest BCUT2D eigenvalue weighted by Crippen LogP contribution is 2.36. The van der Waals surface area contributed by atoms with Gasteiger partial charge in [-0.15, -0.1) is 0 Å². The van der Waals surface area contributed by atoms with E-state index < -0.39 is 23.7 Å². The molecule has 3 aromatic heterocycles. The number of urea groups is 1. The maximum Gasteiger partial charge on any atom is 0.421 e. The predicted molar refractivity (Wildman–Crippen MR) is 146 cm³/mol. The van der Waals surface area contributed by atoms with Gasteiger partial charge in [0.2, 0.25) is 5.88 Å². The van der Waals surface area contributed by atoms with Crippen LogP contribution >= 0.6 is 0 Å². The van der Waals surface area contributed by atoms with Crippen LogP contribution in [0.5, 0.6) is 5.88 Å². The summed E-state index contributed by atoms with van der Waals surface area (Å²) in [6.45, 7) is 1.50. The molecule has 0 atom stereocenters. The first-order chi connectivity index (χ1) is 19.7. The molecule has 5 N–H and O–H groups in total. The smallest absolute Gasteiger partial charge is 0.421 e. The maximum absolute atomic E-state index is 13.6. The number of hydrogen-bond donors (Lipinski definition) is 4. The third-order valence-corrected chi connectivity index (χ3v) is 5.74. The van der Waals surface area contributed by atoms with Crippen LogP contribution in [-0.2, 0) is 10.9 Å². The van der Waals surface area contributed by atoms with Gasteiger partial charge in [-0.3, -0.25) is 4.79 Å². The summed E-state index contributed by atoms with van der Waals surface area (Å²) in [6.07, 6.45) is -0.139. The van der Waals surface area contributed by atoms with E-state index in [0.717, 1.165) is 18.7 Å². The number of methoxy groups -OCH3 is 1. The fourth-order valence-electron chi connectivity index (χ4n) is 3.84. The Bertz CT molecular complexity index is 1560. The van der Waals surface area contributed by atoms with Gasteiger partial charge in [-0.05, 0) is 43.3 Å². The highest BCUT2D eigenvalue weighted by Gasteiger charge is 2.36. The average molecular weight is 573 g/mol. The van der Waals surface area contributed by atoms with Gasteiger partial charge in [-0.1, -0.05) is 0 Å². The van der Waals surface area contributed by atoms with Crippen LogP contribution in [0.1, 0.15) is 12.0 Å². The molecule has 2 amide bonds. The van der Waals surface area contributed by atoms with Gasteiger partial charge in [-0.25, -0.2) is 19.7 Å². The van der Waals surface area contributed by atoms with Crippen LogP contribution in [0.4, 0.5) is 35.2 Å². The lowest BCUT2D eigenvalue weighted by Crippen LogP contribution is -2.24. The zero-order chi connectivity index (χ0) is 29.4. The molecule has 3 heterocycles. The lowest BCUT2D eigenvalue weighted by Gasteiger charge is -2.15. The number of carbonyl (C=O) groups is 1. The molecule has 0 aliphatic carbocycles. The summed E-state index contributed by atoms with van der Waals surface area (Å²) in [6, 6.07) is 7.76. The van der Waals surface area contributed by atoms with Crippen LogP contribution in [0, 0.1) is 0 Å². The van der Waals surface area contributed by atoms with E-state index in [1.54, 1.807) is 35.9 Å². The minimum Gasteiger partial charge on any atom is -0.476 e. The molecule has 0 unspecified atom stereocenters. The number of hydrogen-bond acceptors (Lipinski definition) is 9. The summed E-state index contributed by atoms with van der Waals surface area (Å²) in [7, 11) is 1.58. The lowest BCUT2D eigenvalue weighted by atomic mass is 10.2. The van der Waals surface area contributed by atoms with E-state index in [1.807, 2.05) is 0 Å². The average Bonchev–Trinajstić information content (AvgIpc) is 2.93. The van der Waals surface area contributed by atoms with Crippen molar-refractivity contribution in [1.82, 2.24) is 24.8 Å². The third-order valence-electron chi connectivity index (χ3n) is 5.74. The first kappa shape index (κ1) is 29.2. The van der Waals surface area contributed by atoms with Crippen molar-refractivity contribution in [3.05, 3.63) is 70.9 Å². The number of ether oxygens (including phenoxy) is 2. The lowest BCUT2D eigenvalue weighted by molar-refractivity contribution is -0.139. The molecule has 0 spiro atoms. The van der Waals surface area contributed by atoms with Crippen molar-refractivity contribution in [3.63, 3.8) is 0 Å². The number of alkyl halides is 3. The van der Waals surface area contributed by atoms with Crippen LogP contribution in [-0.4, -0.2) is 59.0 Å². The Kier molecular flexibility index (Phi) is 9.31. The van der Waals surface area contributed by atoms with Crippen LogP contribution in [0.25, 0.3) is 16.7 Å². The molecule has 41 heavy (non-hydrogen) atoms. The van der Waals surface area contributed by atoms with Crippen molar-refractivity contribution >= 4 is 34.3 Å². The van der Waals surface area contributed by atoms with Gasteiger partial charge in [0.15, 0.2) is 11.1 Å². The van der Waals surface area contributed by atoms with Crippen molar-refractivity contribution in [2.45, 2.75) is 12.6 Å². The molecular weight excluding hydrogens is 545 g/mol. The second-order valence-corrected chi connectivity index (χ2v) is 8.65. The van der Waals surface area contributed by atoms with E-state index in [4.69, 9.17) is 15.2 Å². The number of nitrogens with zero attached hydrogens (tertiary/aromatic N) is 4. The number of fused-ring (bicyclic) bond motifs is 1. The number of nitrogens with two attached hydrogens (primary N) is 1. The van der Waals surface area contributed by atoms with E-state index in [1.165, 1.54) is 18.6 Å². The fourth-order valence-corrected chi connectivity index (χ4v) is 3.84. The molecule has 0 radical (unpaired) electrons. The molecule has 1 aromatic carbocycles. The summed E-state index contributed by atoms with van der Waals surface area (Å²) < 4.78 is 52.7. The Hall–Kier alpha value is -4.76. The molecule has 0 saturated carbocycles. The number of anilines is 3. The maximum atomic E-state index is 13.6. The van der Waals surface area contributed by atoms with Gasteiger partial charge >= 0.3 is 12.2 Å². The highest BCUT2D eigenvalue weighted by atomic mass is 19.4. The van der Waals surface area contributed by atoms with Crippen molar-refractivity contribution in [1.29, 1.82) is 0 Å². The van der Waals surface area contributed by atoms with Crippen molar-refractivity contribution < 1.29 is 27.4 Å². The van der Waals surface area contributed by atoms with E-state index in [-0.39, 0.29) is 28.9 Å². The summed E-state index contributed by atoms with van der Waals surface area (Å²) >= 11 is 0. The molecule has 0 saturated heterocycles. The van der Waals surface area contributed by atoms with Gasteiger partial charge in [0, 0.05) is 43.9 Å². The summed E-state index contributed by atoms with van der Waals surface area (Å²) in [4.78, 5) is 36.5. The molecule has 12 nitrogen and oxygen atoms in total. The fraction of sp³-hybridized carbons (Fsp3) is 0.269. The number of pyridine rings is 2. The van der Waals surface area contributed by atoms with Gasteiger partial charge in [0.25, 0.3) is 0 Å². The molecule has 4 aromatic rings. The number of carbonyl (C=O) groups excluding carboxylic acids is 1. The van der Waals surface area contributed by atoms with Gasteiger partial charge in [0.1, 0.15) is 29.7 Å². The van der Waals surface area contributed by atoms with Gasteiger partial charge in [-0.2, -0.15) is 13.2 Å². The SMILES string of the molecule is COCCCNCCOc1ncc(NC(=O)Nc2ccc(-n3ccc(=O)c4c(N)ncnc43)cc2)cc1C(F)(F)F. The predicted octanol–water partition coefficient (Wildman–Crippen LogP) is 3.43. The highest BCUT2D eigenvalue weighted by molar-refractivity contribution is 5.99. The minimum absolute atomic E-state index is 0.0260. The summed E-state index contributed by atoms with van der Waals surface area (Å²) in [5, 5.41) is 8.10. The molecule has 4 rings (SSSR count). The number of aromatic nitrogens is 4. The van der Waals surface area contributed by atoms with Crippen LogP contribution in [0.15, 0.2) is 59.9 Å². The Labute approximate surface area is 231 Å². The third kappa shape index (κ3) is 7.46. The molecule has 15 heteroatoms. The van der Waals surface area contributed by atoms with Crippen molar-refractivity contribution in [3.8, 4) is 11.6 Å². The van der Waals surface area contributed by atoms with Crippen LogP contribution in [0.3, 0.4) is 0 Å². The van der Waals surface area contributed by atoms with Crippen molar-refractivity contribution in [2.24, 2.45) is 0 Å². The first-order valence-electron chi connectivity index (χ1n) is 12.4. The molecule has 0 fully saturated rings. The van der Waals surface area contributed by atoms with Crippen molar-refractivity contribution in [2.75, 3.05) is 49.8 Å². The topological polar surface area (TPSA) is 158 Å². The molecule has 0 aliphatic rings. The summed E-state index contributed by atoms with van der Waals surface area (Å²) in [5.41, 5.74) is 5.50. The van der Waals surface area contributed by atoms with E-state index >= 15 is 0 Å². The summed E-state index contributed by atoms with van der Waals surface area (Å²) in [5.74, 6) is -0.530. The molecule has 0 bridgehead atoms. The minimum atomic E-state index is -4.75. The normalized spacial score (nSPS) is 11.4. The first-order valence-corrected chi connectivity index (χ1v) is 12.4. The van der Waals surface area contributed by atoms with E-state index in [2.05, 4.69) is 30.9 Å². The molecule has 0 aliphatic heterocycles. The largest absolute Gasteiger partial charge is 0.476 e. The second kappa shape index (κ2) is 13.1. The van der Waals surface area contributed by atoms with Gasteiger partial charge < -0.3 is 35.7 Å². The Balaban J connectivity index is 1.40. The quantitative estimate of drug-likeness (QED) is 0.198. The number of halogens is 3. The molecule has 216 valence electrons. The van der Waals surface area contributed by atoms with E-state index in [0.29, 0.717) is 36.7 Å². The number of benzene rings is 1. The number of rotatable bonds is 11. The Morgan fingerprint density at radius 3 is 2.51 bits per heavy atom. The number of amides is 2. The Morgan fingerprint density at radius 1 is 1.02 bits per heavy atom. The van der Waals surface area contributed by atoms with Crippen LogP contribution in [0.2, 0.25) is 0 Å². The zero-order valence-electron chi connectivity index (χ0n) is 21.9.